The second-order valence-corrected chi connectivity index (χ2v) is 10.6. The first kappa shape index (κ1) is 24.2. The Labute approximate surface area is 198 Å². The molecule has 3 rings (SSSR count). The molecule has 1 amide bonds. The Morgan fingerprint density at radius 3 is 2.28 bits per heavy atom. The van der Waals surface area contributed by atoms with Gasteiger partial charge < -0.3 is 5.32 Å². The van der Waals surface area contributed by atoms with Gasteiger partial charge >= 0.3 is 0 Å². The number of sulfonamides is 1. The number of halogens is 1. The number of hydrogen-bond donors (Lipinski definition) is 1. The van der Waals surface area contributed by atoms with Crippen molar-refractivity contribution in [2.75, 3.05) is 23.1 Å². The van der Waals surface area contributed by atoms with Gasteiger partial charge in [-0.15, -0.1) is 0 Å². The van der Waals surface area contributed by atoms with Gasteiger partial charge in [-0.3, -0.25) is 9.10 Å². The minimum atomic E-state index is -3.88. The van der Waals surface area contributed by atoms with E-state index in [1.54, 1.807) is 66.4 Å². The Morgan fingerprint density at radius 1 is 0.969 bits per heavy atom. The zero-order valence-electron chi connectivity index (χ0n) is 17.7. The van der Waals surface area contributed by atoms with Gasteiger partial charge in [-0.1, -0.05) is 59.6 Å². The van der Waals surface area contributed by atoms with E-state index in [0.29, 0.717) is 23.0 Å². The molecule has 0 saturated heterocycles. The predicted molar refractivity (Wildman–Crippen MR) is 133 cm³/mol. The Kier molecular flexibility index (Phi) is 8.61. The lowest BCUT2D eigenvalue weighted by Gasteiger charge is -2.24. The second kappa shape index (κ2) is 11.4. The number of thioether (sulfide) groups is 1. The number of benzene rings is 3. The van der Waals surface area contributed by atoms with Crippen molar-refractivity contribution in [3.63, 3.8) is 0 Å². The highest BCUT2D eigenvalue weighted by atomic mass is 35.5. The smallest absolute Gasteiger partial charge is 0.264 e. The maximum atomic E-state index is 13.3. The molecule has 0 bridgehead atoms. The molecular weight excluding hydrogens is 464 g/mol. The van der Waals surface area contributed by atoms with E-state index in [1.165, 1.54) is 0 Å². The van der Waals surface area contributed by atoms with Gasteiger partial charge in [0, 0.05) is 23.1 Å². The van der Waals surface area contributed by atoms with Crippen LogP contribution in [0.2, 0.25) is 5.02 Å². The third-order valence-electron chi connectivity index (χ3n) is 4.69. The van der Waals surface area contributed by atoms with Crippen LogP contribution in [-0.4, -0.2) is 33.2 Å². The van der Waals surface area contributed by atoms with Crippen LogP contribution in [0.15, 0.2) is 83.8 Å². The molecule has 0 fully saturated rings. The molecule has 3 aromatic carbocycles. The molecule has 0 aromatic heterocycles. The summed E-state index contributed by atoms with van der Waals surface area (Å²) < 4.78 is 27.7. The van der Waals surface area contributed by atoms with Gasteiger partial charge in [-0.25, -0.2) is 8.42 Å². The molecule has 0 unspecified atom stereocenters. The van der Waals surface area contributed by atoms with E-state index in [0.717, 1.165) is 21.2 Å². The Hall–Kier alpha value is -2.48. The number of para-hydroxylation sites is 1. The van der Waals surface area contributed by atoms with Crippen LogP contribution in [0.5, 0.6) is 0 Å². The van der Waals surface area contributed by atoms with Crippen LogP contribution in [0, 0.1) is 6.92 Å². The predicted octanol–water partition coefficient (Wildman–Crippen LogP) is 4.89. The topological polar surface area (TPSA) is 66.5 Å². The molecule has 0 spiro atoms. The lowest BCUT2D eigenvalue weighted by molar-refractivity contribution is -0.119. The molecule has 0 atom stereocenters. The molecule has 3 aromatic rings. The fourth-order valence-corrected chi connectivity index (χ4v) is 5.33. The van der Waals surface area contributed by atoms with E-state index in [9.17, 15) is 13.2 Å². The fraction of sp³-hybridized carbons (Fsp3) is 0.208. The quantitative estimate of drug-likeness (QED) is 0.412. The summed E-state index contributed by atoms with van der Waals surface area (Å²) in [5, 5.41) is 3.53. The number of carbonyl (C=O) groups excluding carboxylic acids is 1. The van der Waals surface area contributed by atoms with Crippen LogP contribution in [0.3, 0.4) is 0 Å². The molecule has 0 heterocycles. The van der Waals surface area contributed by atoms with Crippen LogP contribution in [-0.2, 0) is 20.6 Å². The number of amides is 1. The molecule has 0 aliphatic heterocycles. The van der Waals surface area contributed by atoms with Crippen molar-refractivity contribution in [2.45, 2.75) is 17.6 Å². The Bertz CT molecular complexity index is 1120. The van der Waals surface area contributed by atoms with Gasteiger partial charge in [-0.05, 0) is 48.9 Å². The third-order valence-corrected chi connectivity index (χ3v) is 7.76. The van der Waals surface area contributed by atoms with Gasteiger partial charge in [-0.2, -0.15) is 11.8 Å². The van der Waals surface area contributed by atoms with Crippen LogP contribution >= 0.6 is 23.4 Å². The molecule has 0 radical (unpaired) electrons. The minimum Gasteiger partial charge on any atom is -0.354 e. The van der Waals surface area contributed by atoms with Crippen molar-refractivity contribution in [3.8, 4) is 0 Å². The summed E-state index contributed by atoms with van der Waals surface area (Å²) in [6.07, 6.45) is 0. The lowest BCUT2D eigenvalue weighted by Crippen LogP contribution is -2.41. The molecule has 0 saturated carbocycles. The molecule has 8 heteroatoms. The first-order chi connectivity index (χ1) is 15.4. The van der Waals surface area contributed by atoms with E-state index < -0.39 is 10.0 Å². The first-order valence-electron chi connectivity index (χ1n) is 10.1. The van der Waals surface area contributed by atoms with Gasteiger partial charge in [0.1, 0.15) is 6.54 Å². The molecule has 1 N–H and O–H groups in total. The first-order valence-corrected chi connectivity index (χ1v) is 13.1. The SMILES string of the molecule is Cc1ccc(S(=O)(=O)N(CC(=O)NCCSCc2ccc(Cl)cc2)c2ccccc2)cc1. The fourth-order valence-electron chi connectivity index (χ4n) is 2.97. The summed E-state index contributed by atoms with van der Waals surface area (Å²) in [7, 11) is -3.88. The van der Waals surface area contributed by atoms with E-state index in [2.05, 4.69) is 5.32 Å². The zero-order chi connectivity index (χ0) is 23.0. The van der Waals surface area contributed by atoms with Crippen LogP contribution in [0.1, 0.15) is 11.1 Å². The van der Waals surface area contributed by atoms with Crippen LogP contribution in [0.4, 0.5) is 5.69 Å². The van der Waals surface area contributed by atoms with Crippen LogP contribution in [0.25, 0.3) is 0 Å². The third kappa shape index (κ3) is 6.76. The monoisotopic (exact) mass is 488 g/mol. The van der Waals surface area contributed by atoms with E-state index in [-0.39, 0.29) is 17.3 Å². The molecule has 5 nitrogen and oxygen atoms in total. The average Bonchev–Trinajstić information content (AvgIpc) is 2.79. The summed E-state index contributed by atoms with van der Waals surface area (Å²) in [5.41, 5.74) is 2.56. The maximum Gasteiger partial charge on any atom is 0.264 e. The average molecular weight is 489 g/mol. The highest BCUT2D eigenvalue weighted by molar-refractivity contribution is 7.98. The van der Waals surface area contributed by atoms with Gasteiger partial charge in [0.05, 0.1) is 10.6 Å². The number of hydrogen-bond acceptors (Lipinski definition) is 4. The van der Waals surface area contributed by atoms with E-state index in [4.69, 9.17) is 11.6 Å². The Morgan fingerprint density at radius 2 is 1.62 bits per heavy atom. The van der Waals surface area contributed by atoms with Gasteiger partial charge in [0.25, 0.3) is 10.0 Å². The van der Waals surface area contributed by atoms with Crippen molar-refractivity contribution < 1.29 is 13.2 Å². The summed E-state index contributed by atoms with van der Waals surface area (Å²) in [4.78, 5) is 12.7. The van der Waals surface area contributed by atoms with Crippen molar-refractivity contribution in [3.05, 3.63) is 95.0 Å². The van der Waals surface area contributed by atoms with Crippen molar-refractivity contribution in [2.24, 2.45) is 0 Å². The minimum absolute atomic E-state index is 0.151. The second-order valence-electron chi connectivity index (χ2n) is 7.19. The number of carbonyl (C=O) groups is 1. The van der Waals surface area contributed by atoms with E-state index in [1.807, 2.05) is 31.2 Å². The number of nitrogens with one attached hydrogen (secondary N) is 1. The molecular formula is C24H25ClN2O3S2. The number of aryl methyl sites for hydroxylation is 1. The summed E-state index contributed by atoms with van der Waals surface area (Å²) >= 11 is 7.58. The van der Waals surface area contributed by atoms with E-state index >= 15 is 0 Å². The van der Waals surface area contributed by atoms with Crippen molar-refractivity contribution >= 4 is 45.0 Å². The molecule has 0 aliphatic rings. The largest absolute Gasteiger partial charge is 0.354 e. The number of anilines is 1. The standard InChI is InChI=1S/C24H25ClN2O3S2/c1-19-7-13-23(14-8-19)32(29,30)27(22-5-3-2-4-6-22)17-24(28)26-15-16-31-18-20-9-11-21(25)12-10-20/h2-14H,15-18H2,1H3,(H,26,28). The molecule has 0 aliphatic carbocycles. The molecule has 32 heavy (non-hydrogen) atoms. The summed E-state index contributed by atoms with van der Waals surface area (Å²) in [6, 6.07) is 22.9. The maximum absolute atomic E-state index is 13.3. The van der Waals surface area contributed by atoms with Crippen molar-refractivity contribution in [1.82, 2.24) is 5.32 Å². The highest BCUT2D eigenvalue weighted by Gasteiger charge is 2.26. The highest BCUT2D eigenvalue weighted by Crippen LogP contribution is 2.23. The van der Waals surface area contributed by atoms with Crippen molar-refractivity contribution in [1.29, 1.82) is 0 Å². The zero-order valence-corrected chi connectivity index (χ0v) is 20.1. The lowest BCUT2D eigenvalue weighted by atomic mass is 10.2. The summed E-state index contributed by atoms with van der Waals surface area (Å²) in [5.74, 6) is 1.17. The summed E-state index contributed by atoms with van der Waals surface area (Å²) in [6.45, 7) is 2.05. The Balaban J connectivity index is 1.60. The molecule has 168 valence electrons. The number of rotatable bonds is 10. The van der Waals surface area contributed by atoms with Crippen LogP contribution < -0.4 is 9.62 Å². The van der Waals surface area contributed by atoms with Gasteiger partial charge in [0.2, 0.25) is 5.91 Å². The van der Waals surface area contributed by atoms with Gasteiger partial charge in [0.15, 0.2) is 0 Å². The number of nitrogens with zero attached hydrogens (tertiary/aromatic N) is 1. The normalized spacial score (nSPS) is 11.2.